The van der Waals surface area contributed by atoms with Crippen molar-refractivity contribution in [3.8, 4) is 5.75 Å². The number of nitrogens with one attached hydrogen (secondary N) is 3. The van der Waals surface area contributed by atoms with Crippen molar-refractivity contribution in [2.24, 2.45) is 5.92 Å². The SMILES string of the molecule is CCC(=O)CCCCC[C@@H]1NC(=O)[C@H]2CCCCN2C(=O)[C@H](C(C)CC)NC(=O)[C@H](CCOc2ccccc2)NC1=O. The Morgan fingerprint density at radius 3 is 2.31 bits per heavy atom. The first-order valence-electron chi connectivity index (χ1n) is 15.7. The van der Waals surface area contributed by atoms with Gasteiger partial charge in [0.2, 0.25) is 23.6 Å². The topological polar surface area (TPSA) is 134 Å². The Morgan fingerprint density at radius 2 is 1.60 bits per heavy atom. The number of carbonyl (C=O) groups excluding carboxylic acids is 5. The van der Waals surface area contributed by atoms with E-state index in [1.165, 1.54) is 0 Å². The maximum atomic E-state index is 13.9. The van der Waals surface area contributed by atoms with Gasteiger partial charge >= 0.3 is 0 Å². The lowest BCUT2D eigenvalue weighted by Gasteiger charge is -2.39. The quantitative estimate of drug-likeness (QED) is 0.305. The molecule has 42 heavy (non-hydrogen) atoms. The highest BCUT2D eigenvalue weighted by molar-refractivity contribution is 5.97. The van der Waals surface area contributed by atoms with Gasteiger partial charge in [-0.05, 0) is 50.2 Å². The molecule has 3 N–H and O–H groups in total. The number of benzene rings is 1. The third-order valence-electron chi connectivity index (χ3n) is 8.39. The summed E-state index contributed by atoms with van der Waals surface area (Å²) in [6.45, 7) is 6.30. The Bertz CT molecular complexity index is 1060. The number of para-hydroxylation sites is 1. The smallest absolute Gasteiger partial charge is 0.246 e. The lowest BCUT2D eigenvalue weighted by molar-refractivity contribution is -0.147. The first-order chi connectivity index (χ1) is 20.2. The van der Waals surface area contributed by atoms with Crippen LogP contribution in [0.2, 0.25) is 0 Å². The molecule has 1 aromatic rings. The van der Waals surface area contributed by atoms with Gasteiger partial charge in [0.05, 0.1) is 6.61 Å². The summed E-state index contributed by atoms with van der Waals surface area (Å²) in [6, 6.07) is 5.86. The summed E-state index contributed by atoms with van der Waals surface area (Å²) >= 11 is 0. The van der Waals surface area contributed by atoms with Crippen molar-refractivity contribution in [1.29, 1.82) is 0 Å². The third kappa shape index (κ3) is 9.56. The van der Waals surface area contributed by atoms with Crippen molar-refractivity contribution in [2.45, 2.75) is 116 Å². The molecule has 2 aliphatic heterocycles. The van der Waals surface area contributed by atoms with E-state index in [1.807, 2.05) is 51.1 Å². The largest absolute Gasteiger partial charge is 0.494 e. The fourth-order valence-corrected chi connectivity index (χ4v) is 5.50. The number of piperidine rings is 1. The van der Waals surface area contributed by atoms with Crippen LogP contribution in [0.25, 0.3) is 0 Å². The third-order valence-corrected chi connectivity index (χ3v) is 8.39. The van der Waals surface area contributed by atoms with Gasteiger partial charge in [-0.2, -0.15) is 0 Å². The fraction of sp³-hybridized carbons (Fsp3) is 0.656. The molecule has 232 valence electrons. The molecule has 0 bridgehead atoms. The summed E-state index contributed by atoms with van der Waals surface area (Å²) in [7, 11) is 0. The Labute approximate surface area is 249 Å². The number of rotatable bonds is 13. The van der Waals surface area contributed by atoms with Crippen molar-refractivity contribution >= 4 is 29.4 Å². The molecule has 5 atom stereocenters. The zero-order chi connectivity index (χ0) is 30.5. The highest BCUT2D eigenvalue weighted by Gasteiger charge is 2.40. The number of unbranched alkanes of at least 4 members (excludes halogenated alkanes) is 2. The maximum absolute atomic E-state index is 13.9. The van der Waals surface area contributed by atoms with Crippen molar-refractivity contribution in [3.63, 3.8) is 0 Å². The van der Waals surface area contributed by atoms with E-state index < -0.39 is 36.0 Å². The number of Topliss-reactive ketones (excluding diaryl/α,β-unsaturated/α-hetero) is 1. The van der Waals surface area contributed by atoms with Crippen molar-refractivity contribution in [2.75, 3.05) is 13.2 Å². The number of ketones is 1. The lowest BCUT2D eigenvalue weighted by Crippen LogP contribution is -2.64. The molecule has 4 amide bonds. The Kier molecular flexibility index (Phi) is 13.3. The van der Waals surface area contributed by atoms with Crippen molar-refractivity contribution in [3.05, 3.63) is 30.3 Å². The van der Waals surface area contributed by atoms with Crippen molar-refractivity contribution in [1.82, 2.24) is 20.9 Å². The van der Waals surface area contributed by atoms with Crippen LogP contribution in [-0.2, 0) is 24.0 Å². The second-order valence-electron chi connectivity index (χ2n) is 11.5. The first kappa shape index (κ1) is 33.1. The average Bonchev–Trinajstić information content (AvgIpc) is 3.01. The minimum absolute atomic E-state index is 0.167. The lowest BCUT2D eigenvalue weighted by atomic mass is 9.93. The van der Waals surface area contributed by atoms with E-state index >= 15 is 0 Å². The van der Waals surface area contributed by atoms with Gasteiger partial charge in [0, 0.05) is 25.8 Å². The van der Waals surface area contributed by atoms with Gasteiger partial charge in [-0.25, -0.2) is 0 Å². The fourth-order valence-electron chi connectivity index (χ4n) is 5.50. The molecule has 0 aliphatic carbocycles. The molecule has 10 nitrogen and oxygen atoms in total. The number of carbonyl (C=O) groups is 5. The van der Waals surface area contributed by atoms with Crippen LogP contribution in [0.3, 0.4) is 0 Å². The Balaban J connectivity index is 1.83. The molecule has 0 radical (unpaired) electrons. The molecular formula is C32H48N4O6. The molecule has 10 heteroatoms. The summed E-state index contributed by atoms with van der Waals surface area (Å²) in [5.41, 5.74) is 0. The van der Waals surface area contributed by atoms with Crippen molar-refractivity contribution < 1.29 is 28.7 Å². The Hall–Kier alpha value is -3.43. The predicted molar refractivity (Wildman–Crippen MR) is 160 cm³/mol. The summed E-state index contributed by atoms with van der Waals surface area (Å²) in [5, 5.41) is 8.69. The van der Waals surface area contributed by atoms with Gasteiger partial charge in [-0.15, -0.1) is 0 Å². The molecular weight excluding hydrogens is 536 g/mol. The monoisotopic (exact) mass is 584 g/mol. The van der Waals surface area contributed by atoms with E-state index in [0.29, 0.717) is 50.8 Å². The molecule has 2 fully saturated rings. The van der Waals surface area contributed by atoms with Crippen LogP contribution in [0.4, 0.5) is 0 Å². The second kappa shape index (κ2) is 16.9. The van der Waals surface area contributed by atoms with Gasteiger partial charge < -0.3 is 25.6 Å². The summed E-state index contributed by atoms with van der Waals surface area (Å²) < 4.78 is 5.81. The number of nitrogens with zero attached hydrogens (tertiary/aromatic N) is 1. The van der Waals surface area contributed by atoms with Crippen LogP contribution in [0.5, 0.6) is 5.75 Å². The van der Waals surface area contributed by atoms with Gasteiger partial charge in [0.15, 0.2) is 0 Å². The summed E-state index contributed by atoms with van der Waals surface area (Å²) in [6.07, 6.45) is 6.38. The number of hydrogen-bond donors (Lipinski definition) is 3. The van der Waals surface area contributed by atoms with Gasteiger partial charge in [0.1, 0.15) is 35.7 Å². The van der Waals surface area contributed by atoms with Crippen LogP contribution < -0.4 is 20.7 Å². The van der Waals surface area contributed by atoms with Crippen LogP contribution in [-0.4, -0.2) is 71.6 Å². The predicted octanol–water partition coefficient (Wildman–Crippen LogP) is 3.28. The van der Waals surface area contributed by atoms with E-state index in [9.17, 15) is 24.0 Å². The number of hydrogen-bond acceptors (Lipinski definition) is 6. The minimum atomic E-state index is -0.960. The van der Waals surface area contributed by atoms with E-state index in [-0.39, 0.29) is 36.5 Å². The number of amides is 4. The van der Waals surface area contributed by atoms with E-state index in [0.717, 1.165) is 25.7 Å². The molecule has 0 spiro atoms. The average molecular weight is 585 g/mol. The number of ether oxygens (including phenoxy) is 1. The van der Waals surface area contributed by atoms with Gasteiger partial charge in [0.25, 0.3) is 0 Å². The number of fused-ring (bicyclic) bond motifs is 1. The molecule has 2 aliphatic rings. The first-order valence-corrected chi connectivity index (χ1v) is 15.7. The molecule has 2 saturated heterocycles. The highest BCUT2D eigenvalue weighted by Crippen LogP contribution is 2.22. The van der Waals surface area contributed by atoms with E-state index in [2.05, 4.69) is 16.0 Å². The van der Waals surface area contributed by atoms with E-state index in [4.69, 9.17) is 4.74 Å². The Morgan fingerprint density at radius 1 is 0.905 bits per heavy atom. The molecule has 0 saturated carbocycles. The maximum Gasteiger partial charge on any atom is 0.246 e. The highest BCUT2D eigenvalue weighted by atomic mass is 16.5. The van der Waals surface area contributed by atoms with Crippen LogP contribution in [0, 0.1) is 5.92 Å². The van der Waals surface area contributed by atoms with Gasteiger partial charge in [-0.3, -0.25) is 24.0 Å². The summed E-state index contributed by atoms with van der Waals surface area (Å²) in [4.78, 5) is 67.9. The normalized spacial score (nSPS) is 24.3. The molecule has 1 unspecified atom stereocenters. The standard InChI is InChI=1S/C32H48N4O6/c1-4-22(3)28-32(41)36-20-13-12-18-27(36)31(40)34-25(17-11-6-8-14-23(37)5-2)29(38)33-26(30(39)35-28)19-21-42-24-15-9-7-10-16-24/h7,9-10,15-16,22,25-28H,4-6,8,11-14,17-21H2,1-3H3,(H,33,38)(H,34,40)(H,35,39)/t22?,25-,26-,27+,28-/m0/s1. The molecule has 1 aromatic carbocycles. The summed E-state index contributed by atoms with van der Waals surface area (Å²) in [5.74, 6) is -0.814. The van der Waals surface area contributed by atoms with Gasteiger partial charge in [-0.1, -0.05) is 58.2 Å². The molecule has 3 rings (SSSR count). The zero-order valence-corrected chi connectivity index (χ0v) is 25.4. The van der Waals surface area contributed by atoms with Crippen LogP contribution in [0.15, 0.2) is 30.3 Å². The van der Waals surface area contributed by atoms with Crippen LogP contribution in [0.1, 0.15) is 91.4 Å². The molecule has 0 aromatic heterocycles. The zero-order valence-electron chi connectivity index (χ0n) is 25.4. The minimum Gasteiger partial charge on any atom is -0.494 e. The van der Waals surface area contributed by atoms with E-state index in [1.54, 1.807) is 4.90 Å². The second-order valence-corrected chi connectivity index (χ2v) is 11.5. The van der Waals surface area contributed by atoms with Crippen LogP contribution >= 0.6 is 0 Å². The molecule has 2 heterocycles.